The lowest BCUT2D eigenvalue weighted by molar-refractivity contribution is -0.121. The monoisotopic (exact) mass is 781 g/mol. The largest absolute Gasteiger partial charge is 0.508 e. The first-order chi connectivity index (χ1) is 28.2. The van der Waals surface area contributed by atoms with Crippen LogP contribution in [0.4, 0.5) is 5.69 Å². The molecule has 0 aromatic heterocycles. The van der Waals surface area contributed by atoms with Gasteiger partial charge in [-0.1, -0.05) is 49.6 Å². The fourth-order valence-corrected chi connectivity index (χ4v) is 8.79. The predicted molar refractivity (Wildman–Crippen MR) is 231 cm³/mol. The van der Waals surface area contributed by atoms with Crippen molar-refractivity contribution >= 4 is 28.2 Å². The van der Waals surface area contributed by atoms with Gasteiger partial charge in [-0.3, -0.25) is 9.79 Å². The van der Waals surface area contributed by atoms with Gasteiger partial charge in [0.2, 0.25) is 0 Å². The Bertz CT molecular complexity index is 2300. The standard InChI is InChI=1S/C49H55N3O6/c1-4-34-28-44(55)48-36-14-15-37-22-33(24-43(34)47(37)48)30-58-46-25-32(13-19-45(46)56-3)12-17-41(54)29-42(57-21-20-36)27-38-26-40(53)18-16-35(38)10-6-5-8-31-9-7-11-39(23-31)52-49(50)51-2/h7,9,11,13,16,18-19,22-26,28,35-36,38,42,53,55H,4-6,8,10,12,14-15,17,27,29-30H2,1-3H3,(H3,50,51,52). The topological polar surface area (TPSA) is 136 Å². The number of aromatic hydroxyl groups is 1. The molecule has 9 nitrogen and oxygen atoms in total. The Labute approximate surface area is 342 Å². The van der Waals surface area contributed by atoms with Gasteiger partial charge in [-0.2, -0.15) is 0 Å². The summed E-state index contributed by atoms with van der Waals surface area (Å²) in [5.41, 5.74) is 13.1. The van der Waals surface area contributed by atoms with Crippen molar-refractivity contribution in [3.8, 4) is 29.3 Å². The zero-order valence-electron chi connectivity index (χ0n) is 33.9. The number of nitrogens with two attached hydrogens (primary N) is 1. The number of allylic oxidation sites excluding steroid dienone is 3. The summed E-state index contributed by atoms with van der Waals surface area (Å²) in [7, 11) is 3.29. The van der Waals surface area contributed by atoms with Crippen molar-refractivity contribution in [1.82, 2.24) is 0 Å². The molecule has 0 saturated heterocycles. The number of aliphatic hydroxyl groups excluding tert-OH is 1. The predicted octanol–water partition coefficient (Wildman–Crippen LogP) is 9.38. The first-order valence-electron chi connectivity index (χ1n) is 20.7. The van der Waals surface area contributed by atoms with Crippen molar-refractivity contribution in [2.75, 3.05) is 19.5 Å². The third kappa shape index (κ3) is 9.62. The number of aliphatic hydroxyl groups is 1. The molecule has 4 aromatic carbocycles. The van der Waals surface area contributed by atoms with Crippen molar-refractivity contribution < 1.29 is 29.2 Å². The van der Waals surface area contributed by atoms with Gasteiger partial charge >= 0.3 is 0 Å². The average molecular weight is 782 g/mol. The van der Waals surface area contributed by atoms with Crippen LogP contribution in [0.25, 0.3) is 10.8 Å². The minimum atomic E-state index is -0.483. The molecule has 3 aliphatic heterocycles. The summed E-state index contributed by atoms with van der Waals surface area (Å²) in [6.07, 6.45) is 16.1. The molecule has 9 rings (SSSR count). The van der Waals surface area contributed by atoms with Crippen LogP contribution in [-0.4, -0.2) is 42.2 Å². The van der Waals surface area contributed by atoms with Gasteiger partial charge in [0.1, 0.15) is 36.1 Å². The van der Waals surface area contributed by atoms with Crippen molar-refractivity contribution in [2.24, 2.45) is 22.6 Å². The molecule has 0 saturated carbocycles. The number of ether oxygens (including phenoxy) is 3. The number of fused-ring (bicyclic) bond motifs is 1. The lowest BCUT2D eigenvalue weighted by atomic mass is 9.79. The van der Waals surface area contributed by atoms with Crippen LogP contribution in [-0.2, 0) is 41.8 Å². The quantitative estimate of drug-likeness (QED) is 0.0541. The van der Waals surface area contributed by atoms with Gasteiger partial charge in [-0.15, -0.1) is 0 Å². The number of unbranched alkanes of at least 4 members (excludes halogenated alkanes) is 1. The number of Topliss-reactive ketones (excluding diaryl/α,β-unsaturated/α-hetero) is 1. The number of phenolic OH excluding ortho intramolecular Hbond substituents is 1. The van der Waals surface area contributed by atoms with Gasteiger partial charge < -0.3 is 35.5 Å². The molecular formula is C49H55N3O6. The Morgan fingerprint density at radius 3 is 2.74 bits per heavy atom. The molecule has 5 aliphatic rings. The molecule has 302 valence electrons. The minimum Gasteiger partial charge on any atom is -0.508 e. The molecule has 0 spiro atoms. The van der Waals surface area contributed by atoms with Gasteiger partial charge in [-0.25, -0.2) is 0 Å². The molecule has 5 N–H and O–H groups in total. The first kappa shape index (κ1) is 40.3. The van der Waals surface area contributed by atoms with Crippen LogP contribution < -0.4 is 20.5 Å². The number of nitrogens with one attached hydrogen (secondary N) is 1. The van der Waals surface area contributed by atoms with E-state index in [4.69, 9.17) is 19.9 Å². The zero-order chi connectivity index (χ0) is 40.6. The average Bonchev–Trinajstić information content (AvgIpc) is 3.22. The molecule has 4 unspecified atom stereocenters. The number of rotatable bonds is 10. The normalized spacial score (nSPS) is 20.6. The second-order valence-corrected chi connectivity index (χ2v) is 15.8. The lowest BCUT2D eigenvalue weighted by Gasteiger charge is -2.28. The second-order valence-electron chi connectivity index (χ2n) is 15.8. The lowest BCUT2D eigenvalue weighted by Crippen LogP contribution is -2.24. The molecular weight excluding hydrogens is 727 g/mol. The summed E-state index contributed by atoms with van der Waals surface area (Å²) in [5.74, 6) is 5.50. The van der Waals surface area contributed by atoms with Crippen molar-refractivity contribution in [2.45, 2.75) is 96.2 Å². The molecule has 3 heterocycles. The van der Waals surface area contributed by atoms with Crippen LogP contribution in [0.3, 0.4) is 0 Å². The van der Waals surface area contributed by atoms with Gasteiger partial charge in [0.15, 0.2) is 17.5 Å². The third-order valence-electron chi connectivity index (χ3n) is 11.8. The number of aryl methyl sites for hydroxylation is 4. The van der Waals surface area contributed by atoms with E-state index in [9.17, 15) is 15.0 Å². The van der Waals surface area contributed by atoms with Gasteiger partial charge in [0.25, 0.3) is 0 Å². The Balaban J connectivity index is 1.13. The number of ketones is 1. The van der Waals surface area contributed by atoms with Crippen LogP contribution >= 0.6 is 0 Å². The van der Waals surface area contributed by atoms with E-state index in [0.717, 1.165) is 83.7 Å². The Morgan fingerprint density at radius 1 is 1.03 bits per heavy atom. The van der Waals surface area contributed by atoms with E-state index < -0.39 is 6.10 Å². The molecule has 58 heavy (non-hydrogen) atoms. The van der Waals surface area contributed by atoms with Gasteiger partial charge in [0, 0.05) is 31.1 Å². The number of carbonyl (C=O) groups is 1. The number of phenols is 1. The van der Waals surface area contributed by atoms with Crippen LogP contribution in [0, 0.1) is 23.9 Å². The molecule has 4 atom stereocenters. The number of methoxy groups -OCH3 is 1. The highest BCUT2D eigenvalue weighted by atomic mass is 16.5. The molecule has 4 aromatic rings. The summed E-state index contributed by atoms with van der Waals surface area (Å²) in [6.45, 7) is 2.46. The van der Waals surface area contributed by atoms with Crippen LogP contribution in [0.1, 0.15) is 91.2 Å². The van der Waals surface area contributed by atoms with Gasteiger partial charge in [-0.05, 0) is 150 Å². The van der Waals surface area contributed by atoms with E-state index in [1.54, 1.807) is 20.2 Å². The van der Waals surface area contributed by atoms with E-state index in [1.165, 1.54) is 11.1 Å². The second kappa shape index (κ2) is 18.6. The van der Waals surface area contributed by atoms with Crippen LogP contribution in [0.2, 0.25) is 0 Å². The van der Waals surface area contributed by atoms with Crippen molar-refractivity contribution in [3.63, 3.8) is 0 Å². The highest BCUT2D eigenvalue weighted by Crippen LogP contribution is 2.44. The molecule has 8 bridgehead atoms. The number of aliphatic imine (C=N–C) groups is 1. The fraction of sp³-hybridized carbons (Fsp3) is 0.388. The number of nitrogens with zero attached hydrogens (tertiary/aromatic N) is 1. The number of hydrogen-bond donors (Lipinski definition) is 4. The number of guanidine groups is 1. The summed E-state index contributed by atoms with van der Waals surface area (Å²) < 4.78 is 18.4. The molecule has 0 fully saturated rings. The Hall–Kier alpha value is -5.88. The van der Waals surface area contributed by atoms with Gasteiger partial charge in [0.05, 0.1) is 13.0 Å². The van der Waals surface area contributed by atoms with Crippen LogP contribution in [0.15, 0.2) is 89.6 Å². The molecule has 0 radical (unpaired) electrons. The minimum absolute atomic E-state index is 0.0302. The zero-order valence-corrected chi connectivity index (χ0v) is 33.9. The first-order valence-corrected chi connectivity index (χ1v) is 20.7. The summed E-state index contributed by atoms with van der Waals surface area (Å²) in [4.78, 5) is 17.7. The number of anilines is 1. The van der Waals surface area contributed by atoms with E-state index in [-0.39, 0.29) is 41.5 Å². The fourth-order valence-electron chi connectivity index (χ4n) is 8.79. The maximum Gasteiger partial charge on any atom is 0.192 e. The molecule has 9 heteroatoms. The SMILES string of the molecule is CCc1cc(O)c2c3c4cc(cc13)COc1cc(ccc1OC)CCC(=O)CC(CC1C=C(O)C=CC1CCCCc1cccc(NC(N)=NC)c1)OC#CC2CC4. The molecule has 0 amide bonds. The third-order valence-corrected chi connectivity index (χ3v) is 11.8. The van der Waals surface area contributed by atoms with E-state index in [2.05, 4.69) is 59.6 Å². The van der Waals surface area contributed by atoms with Crippen molar-refractivity contribution in [1.29, 1.82) is 0 Å². The van der Waals surface area contributed by atoms with E-state index >= 15 is 0 Å². The Kier molecular flexibility index (Phi) is 12.9. The van der Waals surface area contributed by atoms with E-state index in [1.807, 2.05) is 42.5 Å². The smallest absolute Gasteiger partial charge is 0.192 e. The highest BCUT2D eigenvalue weighted by molar-refractivity contribution is 5.95. The summed E-state index contributed by atoms with van der Waals surface area (Å²) in [6, 6.07) is 20.3. The van der Waals surface area contributed by atoms with E-state index in [0.29, 0.717) is 43.3 Å². The maximum atomic E-state index is 13.7. The number of benzene rings is 4. The number of carbonyl (C=O) groups excluding carboxylic acids is 1. The number of hydrogen-bond acceptors (Lipinski definition) is 7. The molecule has 2 aliphatic carbocycles. The van der Waals surface area contributed by atoms with Crippen LogP contribution in [0.5, 0.6) is 17.2 Å². The highest BCUT2D eigenvalue weighted by Gasteiger charge is 2.29. The maximum absolute atomic E-state index is 13.7. The summed E-state index contributed by atoms with van der Waals surface area (Å²) >= 11 is 0. The Morgan fingerprint density at radius 2 is 1.91 bits per heavy atom. The van der Waals surface area contributed by atoms with Crippen molar-refractivity contribution in [3.05, 3.63) is 118 Å². The summed E-state index contributed by atoms with van der Waals surface area (Å²) in [5, 5.41) is 27.4.